The first-order valence-electron chi connectivity index (χ1n) is 9.37. The first-order valence-corrected chi connectivity index (χ1v) is 9.81. The Labute approximate surface area is 175 Å². The van der Waals surface area contributed by atoms with Crippen molar-refractivity contribution in [2.75, 3.05) is 11.9 Å². The number of carbonyl (C=O) groups excluding carboxylic acids is 1. The molecule has 146 valence electrons. The van der Waals surface area contributed by atoms with Crippen LogP contribution in [0.5, 0.6) is 0 Å². The molecule has 6 heteroatoms. The van der Waals surface area contributed by atoms with Crippen molar-refractivity contribution in [1.82, 2.24) is 14.9 Å². The molecule has 1 amide bonds. The Balaban J connectivity index is 1.50. The van der Waals surface area contributed by atoms with Gasteiger partial charge in [0, 0.05) is 35.6 Å². The molecule has 4 aromatic rings. The van der Waals surface area contributed by atoms with Crippen LogP contribution in [0.2, 0.25) is 0 Å². The van der Waals surface area contributed by atoms with Gasteiger partial charge in [-0.1, -0.05) is 30.3 Å². The Morgan fingerprint density at radius 1 is 1.10 bits per heavy atom. The van der Waals surface area contributed by atoms with E-state index in [1.807, 2.05) is 90.3 Å². The highest BCUT2D eigenvalue weighted by molar-refractivity contribution is 7.80. The summed E-state index contributed by atoms with van der Waals surface area (Å²) in [6, 6.07) is 19.7. The van der Waals surface area contributed by atoms with Gasteiger partial charge in [-0.25, -0.2) is 4.98 Å². The monoisotopic (exact) mass is 402 g/mol. The topological polar surface area (TPSA) is 50.2 Å². The summed E-state index contributed by atoms with van der Waals surface area (Å²) < 4.78 is 1.93. The lowest BCUT2D eigenvalue weighted by molar-refractivity contribution is 0.0940. The van der Waals surface area contributed by atoms with Crippen molar-refractivity contribution in [3.63, 3.8) is 0 Å². The van der Waals surface area contributed by atoms with Crippen LogP contribution in [0.4, 0.5) is 5.69 Å². The van der Waals surface area contributed by atoms with Crippen LogP contribution in [0.15, 0.2) is 84.3 Å². The molecule has 1 heterocycles. The fourth-order valence-electron chi connectivity index (χ4n) is 3.29. The maximum Gasteiger partial charge on any atom is 0.252 e. The third-order valence-electron chi connectivity index (χ3n) is 5.07. The maximum absolute atomic E-state index is 12.8. The molecule has 0 aliphatic carbocycles. The zero-order chi connectivity index (χ0) is 20.4. The number of amides is 1. The Kier molecular flexibility index (Phi) is 5.27. The molecule has 1 aromatic heterocycles. The quantitative estimate of drug-likeness (QED) is 0.381. The number of imidazole rings is 1. The fraction of sp³-hybridized carbons (Fsp3) is 0.130. The highest BCUT2D eigenvalue weighted by atomic mass is 32.1. The number of carbonyl (C=O) groups is 1. The summed E-state index contributed by atoms with van der Waals surface area (Å²) in [5, 5.41) is 5.23. The minimum atomic E-state index is -0.209. The van der Waals surface area contributed by atoms with Gasteiger partial charge < -0.3 is 14.8 Å². The smallest absolute Gasteiger partial charge is 0.252 e. The summed E-state index contributed by atoms with van der Waals surface area (Å²) in [6.45, 7) is 1.95. The van der Waals surface area contributed by atoms with E-state index in [2.05, 4.69) is 22.9 Å². The molecular formula is C23H22N4OS. The van der Waals surface area contributed by atoms with Crippen LogP contribution < -0.4 is 10.2 Å². The number of anilines is 1. The van der Waals surface area contributed by atoms with Crippen LogP contribution in [-0.4, -0.2) is 28.7 Å². The molecular weight excluding hydrogens is 380 g/mol. The van der Waals surface area contributed by atoms with Gasteiger partial charge in [-0.05, 0) is 48.0 Å². The van der Waals surface area contributed by atoms with E-state index in [0.29, 0.717) is 5.56 Å². The van der Waals surface area contributed by atoms with Gasteiger partial charge in [0.05, 0.1) is 18.2 Å². The summed E-state index contributed by atoms with van der Waals surface area (Å²) in [4.78, 5) is 19.7. The lowest BCUT2D eigenvalue weighted by Crippen LogP contribution is -2.44. The molecule has 4 rings (SSSR count). The molecule has 0 aliphatic rings. The summed E-state index contributed by atoms with van der Waals surface area (Å²) >= 11 is 4.65. The molecule has 0 radical (unpaired) electrons. The second-order valence-corrected chi connectivity index (χ2v) is 7.45. The Bertz CT molecular complexity index is 1160. The number of hydrogen-bond acceptors (Lipinski definition) is 4. The van der Waals surface area contributed by atoms with Gasteiger partial charge in [-0.3, -0.25) is 4.79 Å². The van der Waals surface area contributed by atoms with Crippen LogP contribution in [-0.2, 0) is 0 Å². The van der Waals surface area contributed by atoms with Crippen molar-refractivity contribution < 1.29 is 4.79 Å². The van der Waals surface area contributed by atoms with E-state index in [1.165, 1.54) is 0 Å². The van der Waals surface area contributed by atoms with Gasteiger partial charge in [-0.15, -0.1) is 12.6 Å². The zero-order valence-corrected chi connectivity index (χ0v) is 17.2. The van der Waals surface area contributed by atoms with E-state index in [9.17, 15) is 4.79 Å². The third kappa shape index (κ3) is 3.98. The molecule has 0 fully saturated rings. The summed E-state index contributed by atoms with van der Waals surface area (Å²) in [7, 11) is 1.94. The van der Waals surface area contributed by atoms with Crippen molar-refractivity contribution in [3.05, 3.63) is 84.9 Å². The number of hydrogen-bond donors (Lipinski definition) is 2. The van der Waals surface area contributed by atoms with Crippen molar-refractivity contribution in [3.8, 4) is 5.69 Å². The lowest BCUT2D eigenvalue weighted by atomic mass is 10.1. The molecule has 0 spiro atoms. The van der Waals surface area contributed by atoms with E-state index >= 15 is 0 Å². The highest BCUT2D eigenvalue weighted by Crippen LogP contribution is 2.27. The largest absolute Gasteiger partial charge is 0.354 e. The van der Waals surface area contributed by atoms with E-state index < -0.39 is 0 Å². The number of benzene rings is 3. The van der Waals surface area contributed by atoms with Crippen molar-refractivity contribution >= 4 is 35.0 Å². The van der Waals surface area contributed by atoms with Crippen LogP contribution >= 0.6 is 12.6 Å². The second-order valence-electron chi connectivity index (χ2n) is 6.97. The number of nitrogens with zero attached hydrogens (tertiary/aromatic N) is 3. The fourth-order valence-corrected chi connectivity index (χ4v) is 3.66. The van der Waals surface area contributed by atoms with Crippen LogP contribution in [0, 0.1) is 0 Å². The molecule has 5 nitrogen and oxygen atoms in total. The number of thiol groups is 1. The van der Waals surface area contributed by atoms with Gasteiger partial charge in [0.2, 0.25) is 0 Å². The normalized spacial score (nSPS) is 12.0. The molecule has 3 aromatic carbocycles. The Morgan fingerprint density at radius 3 is 2.62 bits per heavy atom. The summed E-state index contributed by atoms with van der Waals surface area (Å²) in [5.74, 6) is -0.106. The zero-order valence-electron chi connectivity index (χ0n) is 16.3. The molecule has 0 saturated carbocycles. The van der Waals surface area contributed by atoms with E-state index in [1.54, 1.807) is 12.5 Å². The average molecular weight is 403 g/mol. The lowest BCUT2D eigenvalue weighted by Gasteiger charge is -2.29. The molecule has 1 atom stereocenters. The highest BCUT2D eigenvalue weighted by Gasteiger charge is 2.16. The first-order chi connectivity index (χ1) is 14.0. The van der Waals surface area contributed by atoms with Crippen molar-refractivity contribution in [2.45, 2.75) is 18.0 Å². The predicted octanol–water partition coefficient (Wildman–Crippen LogP) is 4.53. The molecule has 29 heavy (non-hydrogen) atoms. The Hall–Kier alpha value is -3.25. The van der Waals surface area contributed by atoms with Crippen LogP contribution in [0.1, 0.15) is 17.3 Å². The van der Waals surface area contributed by atoms with Gasteiger partial charge in [0.1, 0.15) is 0 Å². The molecule has 0 aliphatic heterocycles. The third-order valence-corrected chi connectivity index (χ3v) is 5.43. The molecule has 1 N–H and O–H groups in total. The molecule has 0 bridgehead atoms. The number of aromatic nitrogens is 2. The van der Waals surface area contributed by atoms with E-state index in [0.717, 1.165) is 27.0 Å². The van der Waals surface area contributed by atoms with Crippen LogP contribution in [0.3, 0.4) is 0 Å². The number of rotatable bonds is 5. The van der Waals surface area contributed by atoms with Crippen molar-refractivity contribution in [1.29, 1.82) is 0 Å². The maximum atomic E-state index is 12.8. The van der Waals surface area contributed by atoms with Gasteiger partial charge in [-0.2, -0.15) is 0 Å². The second kappa shape index (κ2) is 8.01. The van der Waals surface area contributed by atoms with Gasteiger partial charge in [0.25, 0.3) is 5.91 Å². The van der Waals surface area contributed by atoms with E-state index in [-0.39, 0.29) is 12.1 Å². The molecule has 1 unspecified atom stereocenters. The van der Waals surface area contributed by atoms with Gasteiger partial charge >= 0.3 is 0 Å². The minimum absolute atomic E-state index is 0.106. The number of fused-ring (bicyclic) bond motifs is 1. The first kappa shape index (κ1) is 19.1. The summed E-state index contributed by atoms with van der Waals surface area (Å²) in [5.41, 5.74) is 2.56. The standard InChI is InChI=1S/C23H22N4OS/c1-16(25-23(28)19-8-7-17-5-3-4-6-18(17)13-19)26(2)21-10-9-20(14-22(21)29)27-12-11-24-15-27/h3-16,29H,1-2H3,(H,25,28). The Morgan fingerprint density at radius 2 is 1.90 bits per heavy atom. The van der Waals surface area contributed by atoms with E-state index in [4.69, 9.17) is 0 Å². The molecule has 0 saturated heterocycles. The van der Waals surface area contributed by atoms with Gasteiger partial charge in [0.15, 0.2) is 0 Å². The minimum Gasteiger partial charge on any atom is -0.354 e. The predicted molar refractivity (Wildman–Crippen MR) is 120 cm³/mol. The van der Waals surface area contributed by atoms with Crippen molar-refractivity contribution in [2.24, 2.45) is 0 Å². The average Bonchev–Trinajstić information content (AvgIpc) is 3.27. The van der Waals surface area contributed by atoms with Crippen LogP contribution in [0.25, 0.3) is 16.5 Å². The summed E-state index contributed by atoms with van der Waals surface area (Å²) in [6.07, 6.45) is 5.17. The number of nitrogens with one attached hydrogen (secondary N) is 1. The SMILES string of the molecule is CC(NC(=O)c1ccc2ccccc2c1)N(C)c1ccc(-n2ccnc2)cc1S.